The molecule has 0 radical (unpaired) electrons. The van der Waals surface area contributed by atoms with Crippen LogP contribution >= 0.6 is 0 Å². The molecular weight excluding hydrogens is 240 g/mol. The molecule has 3 atom stereocenters. The number of aliphatic carboxylic acids is 1. The fraction of sp³-hybridized carbons (Fsp3) is 0.467. The van der Waals surface area contributed by atoms with Gasteiger partial charge in [0.2, 0.25) is 0 Å². The second-order valence-electron chi connectivity index (χ2n) is 5.20. The Balaban J connectivity index is 2.26. The van der Waals surface area contributed by atoms with Crippen LogP contribution in [0.1, 0.15) is 37.4 Å². The van der Waals surface area contributed by atoms with Crippen LogP contribution < -0.4 is 0 Å². The van der Waals surface area contributed by atoms with Gasteiger partial charge in [0, 0.05) is 6.04 Å². The predicted octanol–water partition coefficient (Wildman–Crippen LogP) is 2.41. The van der Waals surface area contributed by atoms with Crippen LogP contribution in [-0.4, -0.2) is 28.6 Å². The topological polar surface area (TPSA) is 64.3 Å². The molecule has 0 aliphatic carbocycles. The molecule has 0 spiro atoms. The number of hydrogen-bond donors (Lipinski definition) is 1. The Labute approximate surface area is 113 Å². The van der Waals surface area contributed by atoms with E-state index >= 15 is 0 Å². The number of nitriles is 1. The van der Waals surface area contributed by atoms with Gasteiger partial charge in [0.25, 0.3) is 0 Å². The summed E-state index contributed by atoms with van der Waals surface area (Å²) in [6.07, 6.45) is 0.902. The van der Waals surface area contributed by atoms with Crippen molar-refractivity contribution < 1.29 is 9.90 Å². The molecule has 2 rings (SSSR count). The van der Waals surface area contributed by atoms with Crippen LogP contribution in [-0.2, 0) is 4.79 Å². The van der Waals surface area contributed by atoms with Crippen molar-refractivity contribution in [1.82, 2.24) is 4.90 Å². The highest BCUT2D eigenvalue weighted by Crippen LogP contribution is 2.32. The minimum atomic E-state index is -0.756. The molecule has 0 saturated carbocycles. The first kappa shape index (κ1) is 13.6. The molecule has 1 saturated heterocycles. The van der Waals surface area contributed by atoms with Gasteiger partial charge >= 0.3 is 5.97 Å². The number of benzene rings is 1. The second-order valence-corrected chi connectivity index (χ2v) is 5.20. The number of likely N-dealkylation sites (tertiary alicyclic amines) is 1. The summed E-state index contributed by atoms with van der Waals surface area (Å²) in [5.74, 6) is -0.590. The summed E-state index contributed by atoms with van der Waals surface area (Å²) >= 11 is 0. The zero-order valence-electron chi connectivity index (χ0n) is 11.2. The molecule has 100 valence electrons. The summed E-state index contributed by atoms with van der Waals surface area (Å²) in [6, 6.07) is 9.10. The smallest absolute Gasteiger partial charge is 0.321 e. The maximum Gasteiger partial charge on any atom is 0.321 e. The number of rotatable bonds is 3. The lowest BCUT2D eigenvalue weighted by molar-refractivity contribution is -0.144. The lowest BCUT2D eigenvalue weighted by Crippen LogP contribution is -2.40. The highest BCUT2D eigenvalue weighted by molar-refractivity contribution is 5.74. The fourth-order valence-corrected chi connectivity index (χ4v) is 2.86. The normalized spacial score (nSPS) is 24.9. The molecule has 1 aromatic carbocycles. The Hall–Kier alpha value is -1.86. The van der Waals surface area contributed by atoms with Crippen molar-refractivity contribution in [3.8, 4) is 6.07 Å². The third kappa shape index (κ3) is 2.61. The number of carboxylic acids is 1. The van der Waals surface area contributed by atoms with Crippen molar-refractivity contribution in [2.45, 2.75) is 32.4 Å². The Morgan fingerprint density at radius 2 is 2.32 bits per heavy atom. The maximum absolute atomic E-state index is 11.4. The summed E-state index contributed by atoms with van der Waals surface area (Å²) in [5, 5.41) is 18.3. The van der Waals surface area contributed by atoms with Gasteiger partial charge in [-0.05, 0) is 43.5 Å². The van der Waals surface area contributed by atoms with Gasteiger partial charge in [0.15, 0.2) is 0 Å². The molecule has 4 heteroatoms. The molecule has 1 aromatic rings. The largest absolute Gasteiger partial charge is 0.480 e. The quantitative estimate of drug-likeness (QED) is 0.904. The van der Waals surface area contributed by atoms with Gasteiger partial charge < -0.3 is 5.11 Å². The van der Waals surface area contributed by atoms with Gasteiger partial charge in [-0.25, -0.2) is 0 Å². The molecule has 3 unspecified atom stereocenters. The van der Waals surface area contributed by atoms with Crippen molar-refractivity contribution in [2.75, 3.05) is 6.54 Å². The van der Waals surface area contributed by atoms with Crippen LogP contribution in [0.15, 0.2) is 24.3 Å². The van der Waals surface area contributed by atoms with Crippen LogP contribution in [0.2, 0.25) is 0 Å². The Kier molecular flexibility index (Phi) is 3.87. The highest BCUT2D eigenvalue weighted by atomic mass is 16.4. The van der Waals surface area contributed by atoms with E-state index in [-0.39, 0.29) is 12.0 Å². The highest BCUT2D eigenvalue weighted by Gasteiger charge is 2.39. The van der Waals surface area contributed by atoms with Crippen LogP contribution in [0, 0.1) is 17.2 Å². The maximum atomic E-state index is 11.4. The van der Waals surface area contributed by atoms with E-state index < -0.39 is 12.0 Å². The Morgan fingerprint density at radius 1 is 1.58 bits per heavy atom. The fourth-order valence-electron chi connectivity index (χ4n) is 2.86. The summed E-state index contributed by atoms with van der Waals surface area (Å²) < 4.78 is 0. The summed E-state index contributed by atoms with van der Waals surface area (Å²) in [5.41, 5.74) is 1.61. The van der Waals surface area contributed by atoms with Gasteiger partial charge in [-0.1, -0.05) is 19.1 Å². The molecule has 4 nitrogen and oxygen atoms in total. The van der Waals surface area contributed by atoms with Gasteiger partial charge in [0.05, 0.1) is 11.6 Å². The second kappa shape index (κ2) is 5.41. The van der Waals surface area contributed by atoms with E-state index in [1.165, 1.54) is 0 Å². The molecule has 1 heterocycles. The van der Waals surface area contributed by atoms with Gasteiger partial charge in [-0.3, -0.25) is 9.69 Å². The van der Waals surface area contributed by atoms with Gasteiger partial charge in [0.1, 0.15) is 6.04 Å². The first-order chi connectivity index (χ1) is 9.04. The first-order valence-corrected chi connectivity index (χ1v) is 6.53. The number of hydrogen-bond acceptors (Lipinski definition) is 3. The minimum Gasteiger partial charge on any atom is -0.480 e. The molecule has 0 aromatic heterocycles. The first-order valence-electron chi connectivity index (χ1n) is 6.53. The Morgan fingerprint density at radius 3 is 2.95 bits per heavy atom. The average molecular weight is 258 g/mol. The van der Waals surface area contributed by atoms with E-state index in [1.807, 2.05) is 36.9 Å². The lowest BCUT2D eigenvalue weighted by atomic mass is 10.0. The lowest BCUT2D eigenvalue weighted by Gasteiger charge is -2.29. The molecule has 0 amide bonds. The van der Waals surface area contributed by atoms with Crippen molar-refractivity contribution in [3.63, 3.8) is 0 Å². The number of carboxylic acid groups (broad SMARTS) is 1. The average Bonchev–Trinajstić information content (AvgIpc) is 2.80. The van der Waals surface area contributed by atoms with E-state index in [9.17, 15) is 9.90 Å². The minimum absolute atomic E-state index is 0.0133. The Bertz CT molecular complexity index is 521. The summed E-state index contributed by atoms with van der Waals surface area (Å²) in [7, 11) is 0. The van der Waals surface area contributed by atoms with Crippen molar-refractivity contribution >= 4 is 5.97 Å². The van der Waals surface area contributed by atoms with Crippen LogP contribution in [0.25, 0.3) is 0 Å². The van der Waals surface area contributed by atoms with Crippen molar-refractivity contribution in [2.24, 2.45) is 5.92 Å². The van der Waals surface area contributed by atoms with Crippen molar-refractivity contribution in [3.05, 3.63) is 35.4 Å². The van der Waals surface area contributed by atoms with Crippen LogP contribution in [0.4, 0.5) is 0 Å². The predicted molar refractivity (Wildman–Crippen MR) is 71.5 cm³/mol. The molecule has 1 N–H and O–H groups in total. The van der Waals surface area contributed by atoms with E-state index in [1.54, 1.807) is 6.07 Å². The van der Waals surface area contributed by atoms with E-state index in [4.69, 9.17) is 5.26 Å². The monoisotopic (exact) mass is 258 g/mol. The van der Waals surface area contributed by atoms with E-state index in [0.29, 0.717) is 5.56 Å². The zero-order valence-corrected chi connectivity index (χ0v) is 11.2. The third-order valence-electron chi connectivity index (χ3n) is 3.99. The number of nitrogens with zero attached hydrogens (tertiary/aromatic N) is 2. The standard InChI is InChI=1S/C15H18N2O2/c1-10-6-7-17(14(10)15(18)19)11(2)13-5-3-4-12(8-13)9-16/h3-5,8,10-11,14H,6-7H2,1-2H3,(H,18,19). The molecule has 1 aliphatic heterocycles. The summed E-state index contributed by atoms with van der Waals surface area (Å²) in [6.45, 7) is 4.78. The zero-order chi connectivity index (χ0) is 14.0. The molecule has 1 fully saturated rings. The molecule has 19 heavy (non-hydrogen) atoms. The molecular formula is C15H18N2O2. The van der Waals surface area contributed by atoms with Crippen LogP contribution in [0.5, 0.6) is 0 Å². The summed E-state index contributed by atoms with van der Waals surface area (Å²) in [4.78, 5) is 13.4. The molecule has 1 aliphatic rings. The van der Waals surface area contributed by atoms with Gasteiger partial charge in [-0.15, -0.1) is 0 Å². The van der Waals surface area contributed by atoms with Gasteiger partial charge in [-0.2, -0.15) is 5.26 Å². The van der Waals surface area contributed by atoms with E-state index in [2.05, 4.69) is 6.07 Å². The SMILES string of the molecule is CC1CCN(C(C)c2cccc(C#N)c2)C1C(=O)O. The third-order valence-corrected chi connectivity index (χ3v) is 3.99. The van der Waals surface area contributed by atoms with E-state index in [0.717, 1.165) is 18.5 Å². The number of carbonyl (C=O) groups is 1. The molecule has 0 bridgehead atoms. The van der Waals surface area contributed by atoms with Crippen LogP contribution in [0.3, 0.4) is 0 Å². The van der Waals surface area contributed by atoms with Crippen molar-refractivity contribution in [1.29, 1.82) is 5.26 Å².